The molecule has 0 amide bonds. The number of nitrogens with two attached hydrogens (primary N) is 1. The Kier molecular flexibility index (Phi) is 6.75. The molecule has 1 saturated carbocycles. The van der Waals surface area contributed by atoms with Gasteiger partial charge in [-0.2, -0.15) is 0 Å². The van der Waals surface area contributed by atoms with Crippen LogP contribution >= 0.6 is 0 Å². The Morgan fingerprint density at radius 1 is 1.47 bits per heavy atom. The van der Waals surface area contributed by atoms with Crippen molar-refractivity contribution < 1.29 is 14.6 Å². The highest BCUT2D eigenvalue weighted by Gasteiger charge is 2.45. The van der Waals surface area contributed by atoms with Crippen LogP contribution < -0.4 is 5.73 Å². The number of likely N-dealkylation sites (N-methyl/N-ethyl adjacent to an activating group) is 1. The van der Waals surface area contributed by atoms with Gasteiger partial charge in [-0.25, -0.2) is 0 Å². The predicted molar refractivity (Wildman–Crippen MR) is 75.1 cm³/mol. The number of carboxylic acid groups (broad SMARTS) is 1. The highest BCUT2D eigenvalue weighted by atomic mass is 16.5. The summed E-state index contributed by atoms with van der Waals surface area (Å²) >= 11 is 0. The van der Waals surface area contributed by atoms with Crippen LogP contribution in [0, 0.1) is 5.92 Å². The molecular formula is C14H28N2O3. The van der Waals surface area contributed by atoms with E-state index in [1.165, 1.54) is 0 Å². The molecule has 2 atom stereocenters. The molecule has 1 aliphatic carbocycles. The van der Waals surface area contributed by atoms with Crippen LogP contribution in [0.15, 0.2) is 0 Å². The number of hydrogen-bond acceptors (Lipinski definition) is 4. The number of carboxylic acids is 1. The van der Waals surface area contributed by atoms with Crippen molar-refractivity contribution in [1.29, 1.82) is 0 Å². The lowest BCUT2D eigenvalue weighted by Gasteiger charge is -2.29. The molecular weight excluding hydrogens is 244 g/mol. The van der Waals surface area contributed by atoms with Crippen LogP contribution in [0.25, 0.3) is 0 Å². The molecule has 0 aromatic rings. The number of nitrogens with zero attached hydrogens (tertiary/aromatic N) is 1. The number of aliphatic carboxylic acids is 1. The normalized spacial score (nSPS) is 27.1. The van der Waals surface area contributed by atoms with Crippen molar-refractivity contribution in [3.63, 3.8) is 0 Å². The van der Waals surface area contributed by atoms with Crippen molar-refractivity contribution >= 4 is 5.97 Å². The zero-order valence-corrected chi connectivity index (χ0v) is 12.2. The van der Waals surface area contributed by atoms with Crippen LogP contribution in [0.2, 0.25) is 0 Å². The smallest absolute Gasteiger partial charge is 0.323 e. The minimum Gasteiger partial charge on any atom is -0.480 e. The van der Waals surface area contributed by atoms with E-state index in [2.05, 4.69) is 11.8 Å². The molecule has 5 heteroatoms. The second-order valence-corrected chi connectivity index (χ2v) is 5.35. The third-order valence-electron chi connectivity index (χ3n) is 4.27. The van der Waals surface area contributed by atoms with Gasteiger partial charge in [-0.15, -0.1) is 0 Å². The summed E-state index contributed by atoms with van der Waals surface area (Å²) < 4.78 is 5.36. The Balaban J connectivity index is 2.39. The fourth-order valence-corrected chi connectivity index (χ4v) is 2.89. The summed E-state index contributed by atoms with van der Waals surface area (Å²) in [7, 11) is 0. The molecule has 19 heavy (non-hydrogen) atoms. The molecule has 1 rings (SSSR count). The molecule has 2 unspecified atom stereocenters. The lowest BCUT2D eigenvalue weighted by Crippen LogP contribution is -2.51. The van der Waals surface area contributed by atoms with E-state index >= 15 is 0 Å². The van der Waals surface area contributed by atoms with Crippen molar-refractivity contribution in [1.82, 2.24) is 4.90 Å². The quantitative estimate of drug-likeness (QED) is 0.619. The second kappa shape index (κ2) is 7.82. The second-order valence-electron chi connectivity index (χ2n) is 5.35. The van der Waals surface area contributed by atoms with Gasteiger partial charge in [0.05, 0.1) is 6.61 Å². The van der Waals surface area contributed by atoms with Crippen LogP contribution in [-0.2, 0) is 9.53 Å². The lowest BCUT2D eigenvalue weighted by molar-refractivity contribution is -0.144. The summed E-state index contributed by atoms with van der Waals surface area (Å²) in [6.45, 7) is 8.36. The molecule has 0 aromatic carbocycles. The van der Waals surface area contributed by atoms with E-state index in [-0.39, 0.29) is 5.92 Å². The molecule has 112 valence electrons. The van der Waals surface area contributed by atoms with E-state index in [0.29, 0.717) is 6.42 Å². The van der Waals surface area contributed by atoms with E-state index in [9.17, 15) is 9.90 Å². The summed E-state index contributed by atoms with van der Waals surface area (Å²) in [5, 5.41) is 9.28. The average molecular weight is 272 g/mol. The van der Waals surface area contributed by atoms with Crippen LogP contribution in [0.5, 0.6) is 0 Å². The molecule has 3 N–H and O–H groups in total. The zero-order valence-electron chi connectivity index (χ0n) is 12.2. The Morgan fingerprint density at radius 3 is 2.79 bits per heavy atom. The summed E-state index contributed by atoms with van der Waals surface area (Å²) in [4.78, 5) is 13.6. The fourth-order valence-electron chi connectivity index (χ4n) is 2.89. The molecule has 0 aromatic heterocycles. The lowest BCUT2D eigenvalue weighted by atomic mass is 9.85. The van der Waals surface area contributed by atoms with E-state index in [1.54, 1.807) is 0 Å². The summed E-state index contributed by atoms with van der Waals surface area (Å²) in [5.41, 5.74) is 5.05. The van der Waals surface area contributed by atoms with Crippen molar-refractivity contribution in [3.8, 4) is 0 Å². The Labute approximate surface area is 116 Å². The maximum atomic E-state index is 11.3. The molecule has 0 spiro atoms. The van der Waals surface area contributed by atoms with Gasteiger partial charge in [-0.05, 0) is 45.2 Å². The highest BCUT2D eigenvalue weighted by molar-refractivity contribution is 5.79. The first kappa shape index (κ1) is 16.4. The van der Waals surface area contributed by atoms with Crippen molar-refractivity contribution in [3.05, 3.63) is 0 Å². The van der Waals surface area contributed by atoms with Crippen molar-refractivity contribution in [2.24, 2.45) is 11.7 Å². The third kappa shape index (κ3) is 4.44. The zero-order chi connectivity index (χ0) is 14.3. The van der Waals surface area contributed by atoms with Gasteiger partial charge in [0.25, 0.3) is 0 Å². The molecule has 5 nitrogen and oxygen atoms in total. The van der Waals surface area contributed by atoms with Gasteiger partial charge >= 0.3 is 5.97 Å². The van der Waals surface area contributed by atoms with Crippen LogP contribution in [-0.4, -0.2) is 54.4 Å². The maximum Gasteiger partial charge on any atom is 0.323 e. The van der Waals surface area contributed by atoms with Gasteiger partial charge in [-0.3, -0.25) is 4.79 Å². The predicted octanol–water partition coefficient (Wildman–Crippen LogP) is 1.32. The molecule has 0 aliphatic heterocycles. The van der Waals surface area contributed by atoms with E-state index in [0.717, 1.165) is 52.1 Å². The van der Waals surface area contributed by atoms with Gasteiger partial charge in [0, 0.05) is 13.2 Å². The molecule has 0 heterocycles. The number of carbonyl (C=O) groups is 1. The van der Waals surface area contributed by atoms with Gasteiger partial charge in [0.15, 0.2) is 0 Å². The Bertz CT molecular complexity index is 286. The third-order valence-corrected chi connectivity index (χ3v) is 4.27. The molecule has 0 bridgehead atoms. The van der Waals surface area contributed by atoms with E-state index in [1.807, 2.05) is 6.92 Å². The van der Waals surface area contributed by atoms with Crippen LogP contribution in [0.1, 0.15) is 39.5 Å². The van der Waals surface area contributed by atoms with Crippen molar-refractivity contribution in [2.75, 3.05) is 32.8 Å². The number of hydrogen-bond donors (Lipinski definition) is 2. The first-order valence-corrected chi connectivity index (χ1v) is 7.37. The van der Waals surface area contributed by atoms with Gasteiger partial charge in [-0.1, -0.05) is 13.3 Å². The summed E-state index contributed by atoms with van der Waals surface area (Å²) in [5.74, 6) is -0.737. The Hall–Kier alpha value is -0.650. The topological polar surface area (TPSA) is 75.8 Å². The molecule has 1 aliphatic rings. The minimum absolute atomic E-state index is 0.103. The van der Waals surface area contributed by atoms with Crippen molar-refractivity contribution in [2.45, 2.75) is 45.1 Å². The SMILES string of the molecule is CCOCCN(CC)CCC1CCCC1(N)C(=O)O. The standard InChI is InChI=1S/C14H28N2O3/c1-3-16(10-11-19-4-2)9-7-12-6-5-8-14(12,15)13(17)18/h12H,3-11,15H2,1-2H3,(H,17,18). The fraction of sp³-hybridized carbons (Fsp3) is 0.929. The Morgan fingerprint density at radius 2 is 2.21 bits per heavy atom. The number of rotatable bonds is 9. The van der Waals surface area contributed by atoms with Gasteiger partial charge in [0.1, 0.15) is 5.54 Å². The summed E-state index contributed by atoms with van der Waals surface area (Å²) in [6.07, 6.45) is 3.34. The van der Waals surface area contributed by atoms with Gasteiger partial charge < -0.3 is 20.5 Å². The highest BCUT2D eigenvalue weighted by Crippen LogP contribution is 2.36. The first-order chi connectivity index (χ1) is 9.04. The molecule has 1 fully saturated rings. The number of ether oxygens (including phenoxy) is 1. The maximum absolute atomic E-state index is 11.3. The first-order valence-electron chi connectivity index (χ1n) is 7.37. The monoisotopic (exact) mass is 272 g/mol. The van der Waals surface area contributed by atoms with Crippen LogP contribution in [0.3, 0.4) is 0 Å². The van der Waals surface area contributed by atoms with Crippen LogP contribution in [0.4, 0.5) is 0 Å². The average Bonchev–Trinajstić information content (AvgIpc) is 2.76. The van der Waals surface area contributed by atoms with E-state index < -0.39 is 11.5 Å². The molecule has 0 saturated heterocycles. The van der Waals surface area contributed by atoms with Gasteiger partial charge in [0.2, 0.25) is 0 Å². The summed E-state index contributed by atoms with van der Waals surface area (Å²) in [6, 6.07) is 0. The minimum atomic E-state index is -1.00. The largest absolute Gasteiger partial charge is 0.480 e. The van der Waals surface area contributed by atoms with E-state index in [4.69, 9.17) is 10.5 Å². The molecule has 0 radical (unpaired) electrons.